The number of carboxylic acid groups (broad SMARTS) is 1. The molecule has 0 unspecified atom stereocenters. The number of aromatic carboxylic acids is 1. The van der Waals surface area contributed by atoms with Crippen molar-refractivity contribution in [1.29, 1.82) is 0 Å². The highest BCUT2D eigenvalue weighted by Gasteiger charge is 2.30. The summed E-state index contributed by atoms with van der Waals surface area (Å²) in [5, 5.41) is 8.65. The number of carboxylic acids is 1. The number of aryl methyl sites for hydroxylation is 1. The molecule has 0 radical (unpaired) electrons. The lowest BCUT2D eigenvalue weighted by molar-refractivity contribution is 0.0659. The molecule has 0 bridgehead atoms. The van der Waals surface area contributed by atoms with Crippen LogP contribution in [-0.2, 0) is 0 Å². The van der Waals surface area contributed by atoms with Crippen molar-refractivity contribution in [3.05, 3.63) is 17.3 Å². The van der Waals surface area contributed by atoms with Crippen LogP contribution in [0.2, 0.25) is 0 Å². The van der Waals surface area contributed by atoms with Gasteiger partial charge in [-0.1, -0.05) is 0 Å². The van der Waals surface area contributed by atoms with Gasteiger partial charge in [0.25, 0.3) is 0 Å². The summed E-state index contributed by atoms with van der Waals surface area (Å²) in [5.74, 6) is -0.0921. The molecule has 0 aliphatic heterocycles. The third-order valence-corrected chi connectivity index (χ3v) is 1.93. The molecule has 64 valence electrons. The van der Waals surface area contributed by atoms with Crippen LogP contribution < -0.4 is 0 Å². The van der Waals surface area contributed by atoms with Crippen molar-refractivity contribution in [2.24, 2.45) is 0 Å². The van der Waals surface area contributed by atoms with E-state index in [1.54, 1.807) is 6.92 Å². The number of carbonyl (C=O) groups is 1. The summed E-state index contributed by atoms with van der Waals surface area (Å²) in [4.78, 5) is 14.6. The molecule has 1 aliphatic rings. The Morgan fingerprint density at radius 3 is 2.75 bits per heavy atom. The Morgan fingerprint density at radius 1 is 1.67 bits per heavy atom. The van der Waals surface area contributed by atoms with Gasteiger partial charge in [-0.3, -0.25) is 0 Å². The van der Waals surface area contributed by atoms with Gasteiger partial charge in [0.2, 0.25) is 5.76 Å². The van der Waals surface area contributed by atoms with Crippen LogP contribution in [0, 0.1) is 6.92 Å². The number of oxazole rings is 1. The summed E-state index contributed by atoms with van der Waals surface area (Å²) in [6.45, 7) is 1.65. The first-order valence-electron chi connectivity index (χ1n) is 3.89. The fraction of sp³-hybridized carbons (Fsp3) is 0.500. The van der Waals surface area contributed by atoms with Gasteiger partial charge in [0.1, 0.15) is 0 Å². The Kier molecular flexibility index (Phi) is 1.43. The van der Waals surface area contributed by atoms with E-state index in [0.29, 0.717) is 17.5 Å². The van der Waals surface area contributed by atoms with Gasteiger partial charge in [-0.2, -0.15) is 0 Å². The van der Waals surface area contributed by atoms with Gasteiger partial charge in [0.15, 0.2) is 5.89 Å². The summed E-state index contributed by atoms with van der Waals surface area (Å²) in [6.07, 6.45) is 2.14. The first-order chi connectivity index (χ1) is 5.68. The minimum Gasteiger partial charge on any atom is -0.475 e. The molecule has 0 amide bonds. The molecule has 4 nitrogen and oxygen atoms in total. The number of aromatic nitrogens is 1. The third-order valence-electron chi connectivity index (χ3n) is 1.93. The zero-order valence-electron chi connectivity index (χ0n) is 6.70. The average Bonchev–Trinajstić information content (AvgIpc) is 2.75. The van der Waals surface area contributed by atoms with Gasteiger partial charge in [-0.15, -0.1) is 0 Å². The van der Waals surface area contributed by atoms with E-state index in [4.69, 9.17) is 9.52 Å². The summed E-state index contributed by atoms with van der Waals surface area (Å²) >= 11 is 0. The SMILES string of the molecule is Cc1nc(C2CC2)oc1C(=O)O. The van der Waals surface area contributed by atoms with E-state index in [1.807, 2.05) is 0 Å². The highest BCUT2D eigenvalue weighted by Crippen LogP contribution is 2.39. The molecule has 1 aromatic heterocycles. The largest absolute Gasteiger partial charge is 0.475 e. The summed E-state index contributed by atoms with van der Waals surface area (Å²) in [5.41, 5.74) is 0.476. The molecule has 12 heavy (non-hydrogen) atoms. The van der Waals surface area contributed by atoms with Gasteiger partial charge in [-0.25, -0.2) is 9.78 Å². The van der Waals surface area contributed by atoms with Crippen LogP contribution >= 0.6 is 0 Å². The lowest BCUT2D eigenvalue weighted by Crippen LogP contribution is -1.95. The van der Waals surface area contributed by atoms with Gasteiger partial charge in [0, 0.05) is 5.92 Å². The van der Waals surface area contributed by atoms with Crippen LogP contribution in [0.5, 0.6) is 0 Å². The average molecular weight is 167 g/mol. The first kappa shape index (κ1) is 7.34. The van der Waals surface area contributed by atoms with E-state index >= 15 is 0 Å². The molecular formula is C8H9NO3. The maximum absolute atomic E-state index is 10.5. The Labute approximate surface area is 69.2 Å². The summed E-state index contributed by atoms with van der Waals surface area (Å²) in [6, 6.07) is 0. The van der Waals surface area contributed by atoms with Gasteiger partial charge in [-0.05, 0) is 19.8 Å². The van der Waals surface area contributed by atoms with Crippen molar-refractivity contribution < 1.29 is 14.3 Å². The Morgan fingerprint density at radius 2 is 2.33 bits per heavy atom. The number of hydrogen-bond donors (Lipinski definition) is 1. The molecule has 4 heteroatoms. The van der Waals surface area contributed by atoms with Crippen molar-refractivity contribution in [1.82, 2.24) is 4.98 Å². The second-order valence-corrected chi connectivity index (χ2v) is 3.05. The van der Waals surface area contributed by atoms with Gasteiger partial charge >= 0.3 is 5.97 Å². The topological polar surface area (TPSA) is 63.3 Å². The predicted octanol–water partition coefficient (Wildman–Crippen LogP) is 1.56. The van der Waals surface area contributed by atoms with Gasteiger partial charge < -0.3 is 9.52 Å². The van der Waals surface area contributed by atoms with E-state index in [2.05, 4.69) is 4.98 Å². The molecule has 0 saturated heterocycles. The Bertz CT molecular complexity index is 325. The molecule has 1 heterocycles. The Hall–Kier alpha value is -1.32. The predicted molar refractivity (Wildman–Crippen MR) is 40.2 cm³/mol. The zero-order valence-corrected chi connectivity index (χ0v) is 6.70. The molecule has 1 aliphatic carbocycles. The highest BCUT2D eigenvalue weighted by molar-refractivity contribution is 5.85. The second kappa shape index (κ2) is 2.33. The molecule has 1 N–H and O–H groups in total. The maximum Gasteiger partial charge on any atom is 0.373 e. The smallest absolute Gasteiger partial charge is 0.373 e. The molecular weight excluding hydrogens is 158 g/mol. The highest BCUT2D eigenvalue weighted by atomic mass is 16.4. The van der Waals surface area contributed by atoms with Crippen molar-refractivity contribution >= 4 is 5.97 Å². The molecule has 1 fully saturated rings. The first-order valence-corrected chi connectivity index (χ1v) is 3.89. The van der Waals surface area contributed by atoms with E-state index in [1.165, 1.54) is 0 Å². The zero-order chi connectivity index (χ0) is 8.72. The van der Waals surface area contributed by atoms with E-state index < -0.39 is 5.97 Å². The van der Waals surface area contributed by atoms with E-state index in [9.17, 15) is 4.79 Å². The van der Waals surface area contributed by atoms with Crippen molar-refractivity contribution in [3.8, 4) is 0 Å². The standard InChI is InChI=1S/C8H9NO3/c1-4-6(8(10)11)12-7(9-4)5-2-3-5/h5H,2-3H2,1H3,(H,10,11). The lowest BCUT2D eigenvalue weighted by atomic mass is 10.4. The maximum atomic E-state index is 10.5. The van der Waals surface area contributed by atoms with E-state index in [-0.39, 0.29) is 5.76 Å². The second-order valence-electron chi connectivity index (χ2n) is 3.05. The molecule has 0 aromatic carbocycles. The van der Waals surface area contributed by atoms with E-state index in [0.717, 1.165) is 12.8 Å². The minimum absolute atomic E-state index is 0.0168. The van der Waals surface area contributed by atoms with Crippen LogP contribution in [0.15, 0.2) is 4.42 Å². The van der Waals surface area contributed by atoms with Crippen molar-refractivity contribution in [2.75, 3.05) is 0 Å². The summed E-state index contributed by atoms with van der Waals surface area (Å²) in [7, 11) is 0. The quantitative estimate of drug-likeness (QED) is 0.725. The number of rotatable bonds is 2. The third kappa shape index (κ3) is 1.09. The summed E-state index contributed by atoms with van der Waals surface area (Å²) < 4.78 is 5.09. The Balaban J connectivity index is 2.36. The van der Waals surface area contributed by atoms with Crippen molar-refractivity contribution in [3.63, 3.8) is 0 Å². The number of nitrogens with zero attached hydrogens (tertiary/aromatic N) is 1. The van der Waals surface area contributed by atoms with Crippen LogP contribution in [-0.4, -0.2) is 16.1 Å². The fourth-order valence-corrected chi connectivity index (χ4v) is 1.12. The van der Waals surface area contributed by atoms with Gasteiger partial charge in [0.05, 0.1) is 5.69 Å². The van der Waals surface area contributed by atoms with Crippen LogP contribution in [0.1, 0.15) is 40.9 Å². The van der Waals surface area contributed by atoms with Crippen LogP contribution in [0.25, 0.3) is 0 Å². The lowest BCUT2D eigenvalue weighted by Gasteiger charge is -1.85. The molecule has 1 aromatic rings. The molecule has 0 atom stereocenters. The van der Waals surface area contributed by atoms with Crippen molar-refractivity contribution in [2.45, 2.75) is 25.7 Å². The van der Waals surface area contributed by atoms with Crippen LogP contribution in [0.4, 0.5) is 0 Å². The fourth-order valence-electron chi connectivity index (χ4n) is 1.12. The monoisotopic (exact) mass is 167 g/mol. The normalized spacial score (nSPS) is 16.4. The minimum atomic E-state index is -1.04. The molecule has 1 saturated carbocycles. The van der Waals surface area contributed by atoms with Crippen LogP contribution in [0.3, 0.4) is 0 Å². The molecule has 2 rings (SSSR count). The number of hydrogen-bond acceptors (Lipinski definition) is 3. The molecule has 0 spiro atoms.